The molecule has 1 saturated carbocycles. The van der Waals surface area contributed by atoms with Crippen LogP contribution in [0.15, 0.2) is 30.3 Å². The lowest BCUT2D eigenvalue weighted by molar-refractivity contribution is -0.137. The van der Waals surface area contributed by atoms with Crippen LogP contribution in [0.1, 0.15) is 73.9 Å². The predicted molar refractivity (Wildman–Crippen MR) is 113 cm³/mol. The van der Waals surface area contributed by atoms with Crippen LogP contribution in [0.5, 0.6) is 0 Å². The summed E-state index contributed by atoms with van der Waals surface area (Å²) in [6.45, 7) is 6.51. The van der Waals surface area contributed by atoms with Gasteiger partial charge in [-0.1, -0.05) is 25.0 Å². The second-order valence-electron chi connectivity index (χ2n) is 8.97. The molecule has 1 saturated heterocycles. The van der Waals surface area contributed by atoms with Crippen LogP contribution in [-0.4, -0.2) is 34.3 Å². The molecule has 0 radical (unpaired) electrons. The van der Waals surface area contributed by atoms with Crippen molar-refractivity contribution in [2.24, 2.45) is 5.92 Å². The number of benzene rings is 1. The van der Waals surface area contributed by atoms with Gasteiger partial charge in [-0.05, 0) is 75.4 Å². The van der Waals surface area contributed by atoms with Gasteiger partial charge in [-0.2, -0.15) is 18.3 Å². The zero-order valence-electron chi connectivity index (χ0n) is 17.8. The number of aromatic nitrogens is 2. The van der Waals surface area contributed by atoms with Crippen LogP contribution in [0.3, 0.4) is 0 Å². The number of likely N-dealkylation sites (tertiary alicyclic amines) is 1. The van der Waals surface area contributed by atoms with Crippen LogP contribution in [0.2, 0.25) is 0 Å². The Morgan fingerprint density at radius 1 is 1.00 bits per heavy atom. The van der Waals surface area contributed by atoms with E-state index in [-0.39, 0.29) is 0 Å². The second-order valence-corrected chi connectivity index (χ2v) is 8.97. The van der Waals surface area contributed by atoms with E-state index < -0.39 is 11.7 Å². The molecule has 0 atom stereocenters. The smallest absolute Gasteiger partial charge is 0.303 e. The van der Waals surface area contributed by atoms with Gasteiger partial charge in [-0.25, -0.2) is 0 Å². The average Bonchev–Trinajstić information content (AvgIpc) is 3.38. The number of piperidine rings is 1. The maximum atomic E-state index is 12.8. The summed E-state index contributed by atoms with van der Waals surface area (Å²) < 4.78 is 40.4. The van der Waals surface area contributed by atoms with E-state index in [2.05, 4.69) is 22.6 Å². The first kappa shape index (κ1) is 21.4. The number of rotatable bonds is 6. The molecule has 0 N–H and O–H groups in total. The first-order valence-electron chi connectivity index (χ1n) is 11.4. The molecular weight excluding hydrogens is 387 g/mol. The summed E-state index contributed by atoms with van der Waals surface area (Å²) in [5, 5.41) is 4.75. The third-order valence-corrected chi connectivity index (χ3v) is 6.82. The Morgan fingerprint density at radius 3 is 2.27 bits per heavy atom. The van der Waals surface area contributed by atoms with E-state index >= 15 is 0 Å². The highest BCUT2D eigenvalue weighted by atomic mass is 19.4. The van der Waals surface area contributed by atoms with Crippen LogP contribution in [0, 0.1) is 5.92 Å². The highest BCUT2D eigenvalue weighted by Gasteiger charge is 2.30. The third kappa shape index (κ3) is 5.08. The van der Waals surface area contributed by atoms with Crippen molar-refractivity contribution in [3.8, 4) is 0 Å². The average molecular weight is 420 g/mol. The fourth-order valence-corrected chi connectivity index (χ4v) is 5.15. The number of aryl methyl sites for hydroxylation is 1. The van der Waals surface area contributed by atoms with Crippen molar-refractivity contribution in [1.29, 1.82) is 0 Å². The molecule has 0 unspecified atom stereocenters. The van der Waals surface area contributed by atoms with Crippen LogP contribution in [0.25, 0.3) is 0 Å². The molecule has 1 aliphatic heterocycles. The van der Waals surface area contributed by atoms with Crippen molar-refractivity contribution in [1.82, 2.24) is 14.7 Å². The summed E-state index contributed by atoms with van der Waals surface area (Å²) >= 11 is 0. The number of halogens is 3. The van der Waals surface area contributed by atoms with Gasteiger partial charge in [0.25, 0.3) is 0 Å². The number of nitrogens with zero attached hydrogens (tertiary/aromatic N) is 3. The van der Waals surface area contributed by atoms with Gasteiger partial charge in [0, 0.05) is 31.1 Å². The van der Waals surface area contributed by atoms with Crippen molar-refractivity contribution < 1.29 is 13.2 Å². The van der Waals surface area contributed by atoms with Crippen LogP contribution < -0.4 is 0 Å². The van der Waals surface area contributed by atoms with Crippen molar-refractivity contribution in [3.05, 3.63) is 52.8 Å². The van der Waals surface area contributed by atoms with E-state index in [0.29, 0.717) is 12.3 Å². The Morgan fingerprint density at radius 2 is 1.67 bits per heavy atom. The monoisotopic (exact) mass is 419 g/mol. The zero-order valence-corrected chi connectivity index (χ0v) is 17.8. The molecule has 3 nitrogen and oxygen atoms in total. The Labute approximate surface area is 177 Å². The predicted octanol–water partition coefficient (Wildman–Crippen LogP) is 5.88. The van der Waals surface area contributed by atoms with E-state index in [9.17, 15) is 13.2 Å². The summed E-state index contributed by atoms with van der Waals surface area (Å²) in [5.41, 5.74) is 2.50. The maximum absolute atomic E-state index is 12.8. The normalized spacial score (nSPS) is 19.6. The molecule has 0 amide bonds. The van der Waals surface area contributed by atoms with Crippen LogP contribution in [0.4, 0.5) is 13.2 Å². The van der Waals surface area contributed by atoms with Crippen molar-refractivity contribution in [2.45, 2.75) is 70.5 Å². The van der Waals surface area contributed by atoms with E-state index in [1.807, 2.05) is 0 Å². The fourth-order valence-electron chi connectivity index (χ4n) is 5.15. The van der Waals surface area contributed by atoms with Crippen LogP contribution >= 0.6 is 0 Å². The minimum Gasteiger partial charge on any atom is -0.303 e. The van der Waals surface area contributed by atoms with Gasteiger partial charge in [0.15, 0.2) is 0 Å². The largest absolute Gasteiger partial charge is 0.416 e. The van der Waals surface area contributed by atoms with E-state index in [4.69, 9.17) is 5.10 Å². The van der Waals surface area contributed by atoms with E-state index in [1.54, 1.807) is 12.1 Å². The summed E-state index contributed by atoms with van der Waals surface area (Å²) in [6.07, 6.45) is 4.21. The minimum absolute atomic E-state index is 0.527. The molecule has 4 rings (SSSR count). The first-order chi connectivity index (χ1) is 14.4. The van der Waals surface area contributed by atoms with E-state index in [1.165, 1.54) is 37.9 Å². The van der Waals surface area contributed by atoms with Crippen molar-refractivity contribution in [3.63, 3.8) is 0 Å². The molecule has 2 fully saturated rings. The summed E-state index contributed by atoms with van der Waals surface area (Å²) in [5.74, 6) is 1.43. The summed E-state index contributed by atoms with van der Waals surface area (Å²) in [4.78, 5) is 2.64. The molecule has 0 bridgehead atoms. The molecule has 1 aromatic carbocycles. The van der Waals surface area contributed by atoms with Gasteiger partial charge in [-0.3, -0.25) is 4.68 Å². The molecule has 6 heteroatoms. The van der Waals surface area contributed by atoms with Gasteiger partial charge in [-0.15, -0.1) is 0 Å². The molecule has 1 aromatic heterocycles. The summed E-state index contributed by atoms with van der Waals surface area (Å²) in [6, 6.07) is 7.63. The first-order valence-corrected chi connectivity index (χ1v) is 11.4. The standard InChI is InChI=1S/C24H32F3N3/c1-2-30-23(20-11-13-29(14-12-20)17-19-5-3-4-6-19)16-22(28-30)15-18-7-9-21(10-8-18)24(25,26)27/h7-10,16,19-20H,2-6,11-15,17H2,1H3. The summed E-state index contributed by atoms with van der Waals surface area (Å²) in [7, 11) is 0. The topological polar surface area (TPSA) is 21.1 Å². The minimum atomic E-state index is -4.29. The quantitative estimate of drug-likeness (QED) is 0.583. The molecule has 30 heavy (non-hydrogen) atoms. The SMILES string of the molecule is CCn1nc(Cc2ccc(C(F)(F)F)cc2)cc1C1CCN(CC2CCCC2)CC1. The lowest BCUT2D eigenvalue weighted by Gasteiger charge is -2.33. The number of hydrogen-bond acceptors (Lipinski definition) is 2. The highest BCUT2D eigenvalue weighted by Crippen LogP contribution is 2.32. The van der Waals surface area contributed by atoms with Crippen molar-refractivity contribution >= 4 is 0 Å². The molecule has 1 aliphatic carbocycles. The molecule has 0 spiro atoms. The van der Waals surface area contributed by atoms with Gasteiger partial charge < -0.3 is 4.90 Å². The molecule has 164 valence electrons. The van der Waals surface area contributed by atoms with Crippen LogP contribution in [-0.2, 0) is 19.1 Å². The fraction of sp³-hybridized carbons (Fsp3) is 0.625. The Balaban J connectivity index is 1.38. The number of hydrogen-bond donors (Lipinski definition) is 0. The lowest BCUT2D eigenvalue weighted by Crippen LogP contribution is -2.36. The van der Waals surface area contributed by atoms with Gasteiger partial charge in [0.05, 0.1) is 11.3 Å². The third-order valence-electron chi connectivity index (χ3n) is 6.82. The molecule has 2 heterocycles. The maximum Gasteiger partial charge on any atom is 0.416 e. The second kappa shape index (κ2) is 9.13. The van der Waals surface area contributed by atoms with Gasteiger partial charge in [0.1, 0.15) is 0 Å². The highest BCUT2D eigenvalue weighted by molar-refractivity contribution is 5.29. The van der Waals surface area contributed by atoms with Gasteiger partial charge in [0.2, 0.25) is 0 Å². The molecule has 2 aromatic rings. The van der Waals surface area contributed by atoms with Crippen molar-refractivity contribution in [2.75, 3.05) is 19.6 Å². The lowest BCUT2D eigenvalue weighted by atomic mass is 9.92. The number of alkyl halides is 3. The molecular formula is C24H32F3N3. The Kier molecular flexibility index (Phi) is 6.51. The zero-order chi connectivity index (χ0) is 21.1. The van der Waals surface area contributed by atoms with E-state index in [0.717, 1.165) is 61.8 Å². The Bertz CT molecular complexity index is 811. The van der Waals surface area contributed by atoms with Gasteiger partial charge >= 0.3 is 6.18 Å². The molecule has 2 aliphatic rings. The Hall–Kier alpha value is -1.82.